The van der Waals surface area contributed by atoms with Gasteiger partial charge in [-0.1, -0.05) is 35.5 Å². The lowest BCUT2D eigenvalue weighted by molar-refractivity contribution is 0.248. The van der Waals surface area contributed by atoms with E-state index < -0.39 is 0 Å². The van der Waals surface area contributed by atoms with E-state index in [1.165, 1.54) is 16.8 Å². The van der Waals surface area contributed by atoms with Crippen molar-refractivity contribution in [3.05, 3.63) is 78.1 Å². The van der Waals surface area contributed by atoms with Gasteiger partial charge in [0, 0.05) is 50.8 Å². The van der Waals surface area contributed by atoms with Gasteiger partial charge in [-0.05, 0) is 42.3 Å². The highest BCUT2D eigenvalue weighted by atomic mass is 16.5. The van der Waals surface area contributed by atoms with Gasteiger partial charge < -0.3 is 14.0 Å². The summed E-state index contributed by atoms with van der Waals surface area (Å²) in [4.78, 5) is 4.84. The summed E-state index contributed by atoms with van der Waals surface area (Å²) in [7, 11) is 0. The number of rotatable bonds is 4. The highest BCUT2D eigenvalue weighted by Gasteiger charge is 2.21. The largest absolute Gasteiger partial charge is 0.354 e. The predicted octanol–water partition coefficient (Wildman–Crippen LogP) is 4.25. The van der Waals surface area contributed by atoms with Gasteiger partial charge in [0.05, 0.1) is 5.39 Å². The Morgan fingerprint density at radius 3 is 2.57 bits per heavy atom. The minimum Gasteiger partial charge on any atom is -0.354 e. The van der Waals surface area contributed by atoms with Crippen LogP contribution in [0.2, 0.25) is 0 Å². The average molecular weight is 372 g/mol. The van der Waals surface area contributed by atoms with Crippen molar-refractivity contribution in [2.45, 2.75) is 13.5 Å². The van der Waals surface area contributed by atoms with Crippen molar-refractivity contribution in [2.75, 3.05) is 31.1 Å². The molecular weight excluding hydrogens is 348 g/mol. The first-order valence-corrected chi connectivity index (χ1v) is 9.82. The van der Waals surface area contributed by atoms with Crippen LogP contribution >= 0.6 is 0 Å². The van der Waals surface area contributed by atoms with Crippen LogP contribution in [0.4, 0.5) is 5.82 Å². The first-order valence-electron chi connectivity index (χ1n) is 9.82. The number of piperazine rings is 1. The van der Waals surface area contributed by atoms with Crippen molar-refractivity contribution >= 4 is 16.8 Å². The minimum absolute atomic E-state index is 0.859. The molecule has 28 heavy (non-hydrogen) atoms. The Kier molecular flexibility index (Phi) is 4.37. The zero-order valence-electron chi connectivity index (χ0n) is 16.1. The molecule has 0 saturated carbocycles. The number of para-hydroxylation sites is 2. The molecule has 0 N–H and O–H groups in total. The van der Waals surface area contributed by atoms with Gasteiger partial charge in [-0.3, -0.25) is 4.90 Å². The van der Waals surface area contributed by atoms with E-state index in [1.807, 2.05) is 18.2 Å². The maximum absolute atomic E-state index is 5.47. The lowest BCUT2D eigenvalue weighted by Crippen LogP contribution is -2.46. The fraction of sp³-hybridized carbons (Fsp3) is 0.261. The molecule has 3 heterocycles. The van der Waals surface area contributed by atoms with E-state index in [9.17, 15) is 0 Å². The first-order chi connectivity index (χ1) is 13.8. The molecule has 0 unspecified atom stereocenters. The van der Waals surface area contributed by atoms with E-state index >= 15 is 0 Å². The number of benzene rings is 2. The molecule has 0 aliphatic carbocycles. The second-order valence-electron chi connectivity index (χ2n) is 7.48. The van der Waals surface area contributed by atoms with Gasteiger partial charge in [0.15, 0.2) is 11.4 Å². The third-order valence-electron chi connectivity index (χ3n) is 5.58. The Balaban J connectivity index is 1.24. The second kappa shape index (κ2) is 7.17. The summed E-state index contributed by atoms with van der Waals surface area (Å²) in [6.07, 6.45) is 4.41. The first kappa shape index (κ1) is 17.1. The van der Waals surface area contributed by atoms with Crippen LogP contribution in [0.5, 0.6) is 0 Å². The summed E-state index contributed by atoms with van der Waals surface area (Å²) in [6.45, 7) is 7.12. The average Bonchev–Trinajstić information content (AvgIpc) is 3.36. The normalized spacial score (nSPS) is 15.4. The SMILES string of the molecule is Cc1ccccc1-n1ccc(CN2CCN(c3noc4ccccc34)CC2)c1. The Hall–Kier alpha value is -3.05. The number of anilines is 1. The topological polar surface area (TPSA) is 37.4 Å². The molecule has 5 heteroatoms. The zero-order chi connectivity index (χ0) is 18.9. The molecule has 0 radical (unpaired) electrons. The minimum atomic E-state index is 0.859. The third-order valence-corrected chi connectivity index (χ3v) is 5.58. The monoisotopic (exact) mass is 372 g/mol. The van der Waals surface area contributed by atoms with Crippen LogP contribution in [0, 0.1) is 6.92 Å². The molecule has 5 nitrogen and oxygen atoms in total. The molecule has 2 aromatic carbocycles. The summed E-state index contributed by atoms with van der Waals surface area (Å²) in [5.41, 5.74) is 4.75. The Morgan fingerprint density at radius 2 is 1.71 bits per heavy atom. The molecular formula is C23H24N4O. The fourth-order valence-electron chi connectivity index (χ4n) is 4.01. The molecule has 1 aliphatic heterocycles. The van der Waals surface area contributed by atoms with Crippen molar-refractivity contribution < 1.29 is 4.52 Å². The van der Waals surface area contributed by atoms with E-state index in [-0.39, 0.29) is 0 Å². The number of nitrogens with zero attached hydrogens (tertiary/aromatic N) is 4. The molecule has 2 aromatic heterocycles. The van der Waals surface area contributed by atoms with E-state index in [4.69, 9.17) is 4.52 Å². The molecule has 142 valence electrons. The van der Waals surface area contributed by atoms with Crippen molar-refractivity contribution in [3.8, 4) is 5.69 Å². The maximum atomic E-state index is 5.47. The molecule has 0 spiro atoms. The number of aromatic nitrogens is 2. The standard InChI is InChI=1S/C23H24N4O/c1-18-6-2-4-8-21(18)27-11-10-19(17-27)16-25-12-14-26(15-13-25)23-20-7-3-5-9-22(20)28-24-23/h2-11,17H,12-16H2,1H3. The molecule has 1 saturated heterocycles. The number of aryl methyl sites for hydroxylation is 1. The lowest BCUT2D eigenvalue weighted by Gasteiger charge is -2.34. The molecule has 0 bridgehead atoms. The molecule has 4 aromatic rings. The van der Waals surface area contributed by atoms with Crippen LogP contribution in [0.25, 0.3) is 16.7 Å². The van der Waals surface area contributed by atoms with Crippen molar-refractivity contribution in [1.82, 2.24) is 14.6 Å². The van der Waals surface area contributed by atoms with Crippen molar-refractivity contribution in [2.24, 2.45) is 0 Å². The fourth-order valence-corrected chi connectivity index (χ4v) is 4.01. The molecule has 0 atom stereocenters. The van der Waals surface area contributed by atoms with Crippen LogP contribution in [-0.4, -0.2) is 40.8 Å². The molecule has 0 amide bonds. The van der Waals surface area contributed by atoms with Gasteiger partial charge in [-0.2, -0.15) is 0 Å². The second-order valence-corrected chi connectivity index (χ2v) is 7.48. The van der Waals surface area contributed by atoms with Gasteiger partial charge in [-0.25, -0.2) is 0 Å². The Bertz CT molecular complexity index is 1090. The van der Waals surface area contributed by atoms with Crippen molar-refractivity contribution in [1.29, 1.82) is 0 Å². The Morgan fingerprint density at radius 1 is 0.929 bits per heavy atom. The highest BCUT2D eigenvalue weighted by molar-refractivity contribution is 5.88. The van der Waals surface area contributed by atoms with E-state index in [1.54, 1.807) is 0 Å². The summed E-state index contributed by atoms with van der Waals surface area (Å²) < 4.78 is 7.70. The third kappa shape index (κ3) is 3.18. The summed E-state index contributed by atoms with van der Waals surface area (Å²) in [5.74, 6) is 0.973. The zero-order valence-corrected chi connectivity index (χ0v) is 16.1. The maximum Gasteiger partial charge on any atom is 0.180 e. The number of fused-ring (bicyclic) bond motifs is 1. The van der Waals surface area contributed by atoms with Gasteiger partial charge in [0.2, 0.25) is 0 Å². The highest BCUT2D eigenvalue weighted by Crippen LogP contribution is 2.26. The number of hydrogen-bond donors (Lipinski definition) is 0. The van der Waals surface area contributed by atoms with Gasteiger partial charge in [-0.15, -0.1) is 0 Å². The van der Waals surface area contributed by atoms with Gasteiger partial charge >= 0.3 is 0 Å². The smallest absolute Gasteiger partial charge is 0.180 e. The lowest BCUT2D eigenvalue weighted by atomic mass is 10.2. The van der Waals surface area contributed by atoms with Gasteiger partial charge in [0.25, 0.3) is 0 Å². The van der Waals surface area contributed by atoms with E-state index in [2.05, 4.69) is 75.2 Å². The molecule has 1 aliphatic rings. The molecule has 1 fully saturated rings. The predicted molar refractivity (Wildman–Crippen MR) is 112 cm³/mol. The number of hydrogen-bond acceptors (Lipinski definition) is 4. The van der Waals surface area contributed by atoms with Gasteiger partial charge in [0.1, 0.15) is 0 Å². The summed E-state index contributed by atoms with van der Waals surface area (Å²) >= 11 is 0. The van der Waals surface area contributed by atoms with Crippen molar-refractivity contribution in [3.63, 3.8) is 0 Å². The molecule has 5 rings (SSSR count). The van der Waals surface area contributed by atoms with Crippen LogP contribution in [-0.2, 0) is 6.54 Å². The quantitative estimate of drug-likeness (QED) is 0.537. The van der Waals surface area contributed by atoms with Crippen LogP contribution in [0.15, 0.2) is 71.5 Å². The van der Waals surface area contributed by atoms with Crippen LogP contribution < -0.4 is 4.90 Å². The Labute approximate surface area is 164 Å². The van der Waals surface area contributed by atoms with Crippen LogP contribution in [0.3, 0.4) is 0 Å². The van der Waals surface area contributed by atoms with E-state index in [0.29, 0.717) is 0 Å². The van der Waals surface area contributed by atoms with Crippen LogP contribution in [0.1, 0.15) is 11.1 Å². The summed E-state index contributed by atoms with van der Waals surface area (Å²) in [5, 5.41) is 5.41. The summed E-state index contributed by atoms with van der Waals surface area (Å²) in [6, 6.07) is 18.8. The van der Waals surface area contributed by atoms with E-state index in [0.717, 1.165) is 49.5 Å².